The van der Waals surface area contributed by atoms with E-state index in [4.69, 9.17) is 17.2 Å². The van der Waals surface area contributed by atoms with Crippen molar-refractivity contribution < 1.29 is 0 Å². The smallest absolute Gasteiger partial charge is 0.174 e. The first-order valence-electron chi connectivity index (χ1n) is 12.2. The fourth-order valence-corrected chi connectivity index (χ4v) is 6.14. The summed E-state index contributed by atoms with van der Waals surface area (Å²) in [6, 6.07) is 18.1. The third-order valence-electron chi connectivity index (χ3n) is 7.47. The summed E-state index contributed by atoms with van der Waals surface area (Å²) in [7, 11) is 0. The quantitative estimate of drug-likeness (QED) is 0.421. The third kappa shape index (κ3) is 3.97. The van der Waals surface area contributed by atoms with Crippen LogP contribution < -0.4 is 10.2 Å². The molecule has 5 heteroatoms. The maximum Gasteiger partial charge on any atom is 0.174 e. The number of pyridine rings is 1. The van der Waals surface area contributed by atoms with Crippen molar-refractivity contribution in [3.63, 3.8) is 0 Å². The number of nitrogens with zero attached hydrogens (tertiary/aromatic N) is 3. The maximum atomic E-state index is 5.93. The topological polar surface area (TPSA) is 33.1 Å². The van der Waals surface area contributed by atoms with Crippen LogP contribution in [-0.4, -0.2) is 14.7 Å². The number of thiocarbonyl (C=S) groups is 1. The summed E-state index contributed by atoms with van der Waals surface area (Å²) in [6.45, 7) is 9.01. The van der Waals surface area contributed by atoms with Crippen molar-refractivity contribution >= 4 is 23.0 Å². The Morgan fingerprint density at radius 2 is 1.76 bits per heavy atom. The molecule has 2 aromatic heterocycles. The molecule has 1 aliphatic heterocycles. The molecule has 0 amide bonds. The molecule has 1 saturated carbocycles. The molecule has 2 fully saturated rings. The Bertz CT molecular complexity index is 1130. The van der Waals surface area contributed by atoms with Gasteiger partial charge in [0.25, 0.3) is 0 Å². The van der Waals surface area contributed by atoms with Crippen molar-refractivity contribution in [1.29, 1.82) is 0 Å². The lowest BCUT2D eigenvalue weighted by atomic mass is 9.96. The monoisotopic (exact) mass is 458 g/mol. The molecule has 1 aliphatic carbocycles. The van der Waals surface area contributed by atoms with Crippen LogP contribution in [0.25, 0.3) is 0 Å². The summed E-state index contributed by atoms with van der Waals surface area (Å²) in [5, 5.41) is 4.38. The molecule has 172 valence electrons. The maximum absolute atomic E-state index is 5.93. The average molecular weight is 459 g/mol. The molecule has 1 saturated heterocycles. The zero-order valence-electron chi connectivity index (χ0n) is 20.1. The van der Waals surface area contributed by atoms with Crippen LogP contribution in [0.15, 0.2) is 54.7 Å². The number of rotatable bonds is 5. The lowest BCUT2D eigenvalue weighted by Gasteiger charge is -2.29. The Labute approximate surface area is 203 Å². The van der Waals surface area contributed by atoms with Crippen molar-refractivity contribution in [2.75, 3.05) is 4.90 Å². The highest BCUT2D eigenvalue weighted by molar-refractivity contribution is 7.80. The van der Waals surface area contributed by atoms with Crippen LogP contribution in [0.3, 0.4) is 0 Å². The first-order chi connectivity index (χ1) is 16.0. The van der Waals surface area contributed by atoms with E-state index < -0.39 is 0 Å². The predicted octanol–water partition coefficient (Wildman–Crippen LogP) is 6.92. The number of benzene rings is 1. The van der Waals surface area contributed by atoms with Gasteiger partial charge in [-0.2, -0.15) is 0 Å². The van der Waals surface area contributed by atoms with Gasteiger partial charge in [-0.3, -0.25) is 4.98 Å². The number of aromatic nitrogens is 2. The van der Waals surface area contributed by atoms with Crippen LogP contribution >= 0.6 is 12.2 Å². The van der Waals surface area contributed by atoms with Gasteiger partial charge in [-0.25, -0.2) is 0 Å². The normalized spacial score (nSPS) is 21.2. The summed E-state index contributed by atoms with van der Waals surface area (Å²) in [5.74, 6) is 0.505. The standard InChI is InChI=1S/C28H34N4S/c1-18(2)21-12-14-23(15-13-21)32-27(26(30-28(32)33)25-11-7-8-16-29-25)24-17-19(3)31(20(24)4)22-9-5-6-10-22/h7-8,11-18,22,26-27H,5-6,9-10H2,1-4H3,(H,30,33)/t26-,27+/m1/s1. The van der Waals surface area contributed by atoms with Crippen molar-refractivity contribution in [3.05, 3.63) is 82.9 Å². The van der Waals surface area contributed by atoms with Gasteiger partial charge in [0.05, 0.1) is 17.8 Å². The van der Waals surface area contributed by atoms with Gasteiger partial charge in [0, 0.05) is 29.3 Å². The molecule has 0 spiro atoms. The Hall–Kier alpha value is -2.66. The van der Waals surface area contributed by atoms with E-state index in [0.717, 1.165) is 16.5 Å². The van der Waals surface area contributed by atoms with E-state index in [-0.39, 0.29) is 12.1 Å². The number of nitrogens with one attached hydrogen (secondary N) is 1. The first kappa shape index (κ1) is 22.1. The molecular weight excluding hydrogens is 424 g/mol. The highest BCUT2D eigenvalue weighted by Gasteiger charge is 2.42. The van der Waals surface area contributed by atoms with E-state index in [2.05, 4.69) is 84.9 Å². The highest BCUT2D eigenvalue weighted by atomic mass is 32.1. The van der Waals surface area contributed by atoms with Gasteiger partial charge < -0.3 is 14.8 Å². The molecule has 5 rings (SSSR count). The zero-order chi connectivity index (χ0) is 23.1. The number of anilines is 1. The van der Waals surface area contributed by atoms with E-state index in [1.54, 1.807) is 0 Å². The van der Waals surface area contributed by atoms with Gasteiger partial charge in [-0.05, 0) is 86.3 Å². The minimum absolute atomic E-state index is 0.000929. The Morgan fingerprint density at radius 3 is 2.39 bits per heavy atom. The van der Waals surface area contributed by atoms with E-state index in [0.29, 0.717) is 12.0 Å². The Balaban J connectivity index is 1.62. The minimum atomic E-state index is 0.000929. The van der Waals surface area contributed by atoms with Gasteiger partial charge >= 0.3 is 0 Å². The van der Waals surface area contributed by atoms with Gasteiger partial charge in [0.2, 0.25) is 0 Å². The Kier molecular flexibility index (Phi) is 6.00. The third-order valence-corrected chi connectivity index (χ3v) is 7.78. The van der Waals surface area contributed by atoms with Crippen molar-refractivity contribution in [2.45, 2.75) is 77.4 Å². The molecular formula is C28H34N4S. The summed E-state index contributed by atoms with van der Waals surface area (Å²) in [4.78, 5) is 7.02. The van der Waals surface area contributed by atoms with Crippen LogP contribution in [-0.2, 0) is 0 Å². The second-order valence-electron chi connectivity index (χ2n) is 9.88. The summed E-state index contributed by atoms with van der Waals surface area (Å²) < 4.78 is 2.58. The van der Waals surface area contributed by atoms with Crippen LogP contribution in [0.4, 0.5) is 5.69 Å². The van der Waals surface area contributed by atoms with Gasteiger partial charge in [-0.1, -0.05) is 44.9 Å². The lowest BCUT2D eigenvalue weighted by molar-refractivity contribution is 0.494. The molecule has 33 heavy (non-hydrogen) atoms. The molecule has 2 aliphatic rings. The summed E-state index contributed by atoms with van der Waals surface area (Å²) >= 11 is 5.93. The number of hydrogen-bond donors (Lipinski definition) is 1. The second-order valence-corrected chi connectivity index (χ2v) is 10.3. The van der Waals surface area contributed by atoms with Crippen molar-refractivity contribution in [1.82, 2.24) is 14.9 Å². The van der Waals surface area contributed by atoms with Crippen molar-refractivity contribution in [2.24, 2.45) is 0 Å². The molecule has 0 radical (unpaired) electrons. The molecule has 3 heterocycles. The summed E-state index contributed by atoms with van der Waals surface area (Å²) in [5.41, 5.74) is 7.55. The molecule has 1 aromatic carbocycles. The molecule has 3 aromatic rings. The highest BCUT2D eigenvalue weighted by Crippen LogP contribution is 2.45. The van der Waals surface area contributed by atoms with Crippen LogP contribution in [0, 0.1) is 13.8 Å². The first-order valence-corrected chi connectivity index (χ1v) is 12.7. The fourth-order valence-electron chi connectivity index (χ4n) is 5.80. The van der Waals surface area contributed by atoms with Crippen LogP contribution in [0.2, 0.25) is 0 Å². The van der Waals surface area contributed by atoms with Crippen LogP contribution in [0.5, 0.6) is 0 Å². The number of aryl methyl sites for hydroxylation is 1. The van der Waals surface area contributed by atoms with E-state index in [1.165, 1.54) is 48.2 Å². The molecule has 0 bridgehead atoms. The zero-order valence-corrected chi connectivity index (χ0v) is 20.9. The van der Waals surface area contributed by atoms with E-state index in [1.807, 2.05) is 12.3 Å². The Morgan fingerprint density at radius 1 is 1.03 bits per heavy atom. The van der Waals surface area contributed by atoms with Gasteiger partial charge in [-0.15, -0.1) is 0 Å². The molecule has 1 N–H and O–H groups in total. The minimum Gasteiger partial charge on any atom is -0.351 e. The second kappa shape index (κ2) is 8.94. The largest absolute Gasteiger partial charge is 0.351 e. The SMILES string of the molecule is Cc1cc([C@H]2[C@@H](c3ccccn3)NC(=S)N2c2ccc(C(C)C)cc2)c(C)n1C1CCCC1. The average Bonchev–Trinajstić information content (AvgIpc) is 3.52. The number of hydrogen-bond acceptors (Lipinski definition) is 2. The molecule has 2 atom stereocenters. The van der Waals surface area contributed by atoms with Crippen molar-refractivity contribution in [3.8, 4) is 0 Å². The van der Waals surface area contributed by atoms with E-state index >= 15 is 0 Å². The van der Waals surface area contributed by atoms with Gasteiger partial charge in [0.1, 0.15) is 0 Å². The van der Waals surface area contributed by atoms with Crippen LogP contribution in [0.1, 0.15) is 91.8 Å². The summed E-state index contributed by atoms with van der Waals surface area (Å²) in [6.07, 6.45) is 7.09. The molecule has 4 nitrogen and oxygen atoms in total. The van der Waals surface area contributed by atoms with Gasteiger partial charge in [0.15, 0.2) is 5.11 Å². The lowest BCUT2D eigenvalue weighted by Crippen LogP contribution is -2.29. The fraction of sp³-hybridized carbons (Fsp3) is 0.429. The predicted molar refractivity (Wildman–Crippen MR) is 140 cm³/mol. The molecule has 0 unspecified atom stereocenters. The van der Waals surface area contributed by atoms with E-state index in [9.17, 15) is 0 Å².